The SMILES string of the molecule is CN[C@H]1CO[C@@H]2OCC[C@H](OC(=O)C[C@@H](Cc3ccccc3)[C@H](O)CN(CC(C)C)S(=O)(=O)c3ccc4nc(NC(C)C)sc4c3)[C@@H]21. The fourth-order valence-electron chi connectivity index (χ4n) is 6.36. The first-order chi connectivity index (χ1) is 22.4. The molecule has 0 radical (unpaired) electrons. The molecule has 3 heterocycles. The van der Waals surface area contributed by atoms with Gasteiger partial charge in [0.05, 0.1) is 46.8 Å². The van der Waals surface area contributed by atoms with Crippen molar-refractivity contribution >= 4 is 42.7 Å². The molecule has 2 saturated heterocycles. The molecule has 2 aliphatic rings. The molecule has 0 aliphatic carbocycles. The van der Waals surface area contributed by atoms with E-state index in [1.807, 2.05) is 65.1 Å². The van der Waals surface area contributed by atoms with Crippen LogP contribution in [0.4, 0.5) is 5.13 Å². The highest BCUT2D eigenvalue weighted by Gasteiger charge is 2.47. The number of nitrogens with zero attached hydrogens (tertiary/aromatic N) is 2. The molecule has 0 unspecified atom stereocenters. The smallest absolute Gasteiger partial charge is 0.306 e. The molecular weight excluding hydrogens is 641 g/mol. The van der Waals surface area contributed by atoms with Crippen LogP contribution in [0.3, 0.4) is 0 Å². The summed E-state index contributed by atoms with van der Waals surface area (Å²) in [5, 5.41) is 19.0. The molecular formula is C34H48N4O7S2. The number of hydrogen-bond acceptors (Lipinski definition) is 11. The normalized spacial score (nSPS) is 22.9. The van der Waals surface area contributed by atoms with Gasteiger partial charge in [0, 0.05) is 37.5 Å². The number of sulfonamides is 1. The second kappa shape index (κ2) is 15.7. The minimum absolute atomic E-state index is 0.000779. The Morgan fingerprint density at radius 3 is 2.60 bits per heavy atom. The van der Waals surface area contributed by atoms with Gasteiger partial charge < -0.3 is 30.0 Å². The minimum atomic E-state index is -3.99. The Morgan fingerprint density at radius 1 is 1.13 bits per heavy atom. The number of rotatable bonds is 15. The lowest BCUT2D eigenvalue weighted by molar-refractivity contribution is -0.196. The summed E-state index contributed by atoms with van der Waals surface area (Å²) in [6.07, 6.45) is -1.07. The van der Waals surface area contributed by atoms with Crippen molar-refractivity contribution in [1.82, 2.24) is 14.6 Å². The molecule has 0 spiro atoms. The van der Waals surface area contributed by atoms with Crippen molar-refractivity contribution in [3.05, 3.63) is 54.1 Å². The van der Waals surface area contributed by atoms with Crippen molar-refractivity contribution in [2.24, 2.45) is 17.8 Å². The number of nitrogens with one attached hydrogen (secondary N) is 2. The Bertz CT molecular complexity index is 1580. The van der Waals surface area contributed by atoms with Crippen LogP contribution in [0.5, 0.6) is 0 Å². The molecule has 11 nitrogen and oxygen atoms in total. The van der Waals surface area contributed by atoms with Gasteiger partial charge in [0.2, 0.25) is 10.0 Å². The summed E-state index contributed by atoms with van der Waals surface area (Å²) in [4.78, 5) is 18.2. The van der Waals surface area contributed by atoms with Gasteiger partial charge in [0.15, 0.2) is 11.4 Å². The second-order valence-corrected chi connectivity index (χ2v) is 16.2. The maximum absolute atomic E-state index is 14.1. The number of carbonyl (C=O) groups excluding carboxylic acids is 1. The summed E-state index contributed by atoms with van der Waals surface area (Å²) in [5.41, 5.74) is 1.66. The van der Waals surface area contributed by atoms with Crippen LogP contribution in [0.25, 0.3) is 10.2 Å². The van der Waals surface area contributed by atoms with Crippen LogP contribution >= 0.6 is 11.3 Å². The molecule has 6 atom stereocenters. The lowest BCUT2D eigenvalue weighted by Crippen LogP contribution is -2.48. The number of fused-ring (bicyclic) bond motifs is 2. The van der Waals surface area contributed by atoms with Crippen molar-refractivity contribution < 1.29 is 32.5 Å². The third-order valence-electron chi connectivity index (χ3n) is 8.67. The Balaban J connectivity index is 1.35. The Morgan fingerprint density at radius 2 is 1.89 bits per heavy atom. The van der Waals surface area contributed by atoms with Crippen LogP contribution in [-0.2, 0) is 35.4 Å². The van der Waals surface area contributed by atoms with Gasteiger partial charge >= 0.3 is 5.97 Å². The summed E-state index contributed by atoms with van der Waals surface area (Å²) < 4.78 is 47.9. The zero-order chi connectivity index (χ0) is 33.7. The second-order valence-electron chi connectivity index (χ2n) is 13.2. The van der Waals surface area contributed by atoms with Crippen LogP contribution < -0.4 is 10.6 Å². The number of ether oxygens (including phenoxy) is 3. The topological polar surface area (TPSA) is 139 Å². The molecule has 5 rings (SSSR count). The number of esters is 1. The number of aromatic nitrogens is 1. The van der Waals surface area contributed by atoms with E-state index in [2.05, 4.69) is 15.6 Å². The monoisotopic (exact) mass is 688 g/mol. The summed E-state index contributed by atoms with van der Waals surface area (Å²) in [7, 11) is -2.14. The van der Waals surface area contributed by atoms with E-state index in [9.17, 15) is 18.3 Å². The van der Waals surface area contributed by atoms with Gasteiger partial charge in [0.1, 0.15) is 6.10 Å². The zero-order valence-electron chi connectivity index (χ0n) is 27.8. The molecule has 3 N–H and O–H groups in total. The fraction of sp³-hybridized carbons (Fsp3) is 0.588. The molecule has 0 saturated carbocycles. The minimum Gasteiger partial charge on any atom is -0.462 e. The molecule has 1 aromatic heterocycles. The number of aliphatic hydroxyl groups is 1. The molecule has 2 fully saturated rings. The summed E-state index contributed by atoms with van der Waals surface area (Å²) in [6.45, 7) is 8.87. The van der Waals surface area contributed by atoms with Gasteiger partial charge in [-0.2, -0.15) is 4.31 Å². The van der Waals surface area contributed by atoms with Crippen LogP contribution in [0.15, 0.2) is 53.4 Å². The molecule has 13 heteroatoms. The number of thiazole rings is 1. The first-order valence-corrected chi connectivity index (χ1v) is 18.7. The number of benzene rings is 2. The zero-order valence-corrected chi connectivity index (χ0v) is 29.4. The Hall–Kier alpha value is -2.65. The van der Waals surface area contributed by atoms with Crippen molar-refractivity contribution in [2.45, 2.75) is 82.4 Å². The Labute approximate surface area is 282 Å². The van der Waals surface area contributed by atoms with Crippen LogP contribution in [0.1, 0.15) is 46.1 Å². The van der Waals surface area contributed by atoms with Gasteiger partial charge in [-0.3, -0.25) is 4.79 Å². The predicted molar refractivity (Wildman–Crippen MR) is 183 cm³/mol. The first-order valence-electron chi connectivity index (χ1n) is 16.4. The molecule has 0 amide bonds. The van der Waals surface area contributed by atoms with E-state index in [0.29, 0.717) is 26.1 Å². The van der Waals surface area contributed by atoms with Gasteiger partial charge in [-0.1, -0.05) is 55.5 Å². The third kappa shape index (κ3) is 8.88. The quantitative estimate of drug-likeness (QED) is 0.199. The third-order valence-corrected chi connectivity index (χ3v) is 11.4. The number of carbonyl (C=O) groups is 1. The largest absolute Gasteiger partial charge is 0.462 e. The number of hydrogen-bond donors (Lipinski definition) is 3. The van der Waals surface area contributed by atoms with Crippen LogP contribution in [0.2, 0.25) is 0 Å². The average molecular weight is 689 g/mol. The summed E-state index contributed by atoms with van der Waals surface area (Å²) in [5.74, 6) is -1.15. The Kier molecular flexibility index (Phi) is 11.9. The van der Waals surface area contributed by atoms with E-state index in [0.717, 1.165) is 20.9 Å². The number of likely N-dealkylation sites (N-methyl/N-ethyl adjacent to an activating group) is 1. The fourth-order valence-corrected chi connectivity index (χ4v) is 9.14. The summed E-state index contributed by atoms with van der Waals surface area (Å²) >= 11 is 1.40. The van der Waals surface area contributed by atoms with E-state index in [-0.39, 0.29) is 54.4 Å². The molecule has 2 aromatic carbocycles. The van der Waals surface area contributed by atoms with E-state index in [4.69, 9.17) is 14.2 Å². The van der Waals surface area contributed by atoms with Gasteiger partial charge in [0.25, 0.3) is 0 Å². The lowest BCUT2D eigenvalue weighted by atomic mass is 9.90. The summed E-state index contributed by atoms with van der Waals surface area (Å²) in [6, 6.07) is 14.7. The molecule has 0 bridgehead atoms. The van der Waals surface area contributed by atoms with E-state index < -0.39 is 34.3 Å². The average Bonchev–Trinajstić information content (AvgIpc) is 3.63. The maximum atomic E-state index is 14.1. The highest BCUT2D eigenvalue weighted by Crippen LogP contribution is 2.34. The van der Waals surface area contributed by atoms with Gasteiger partial charge in [-0.05, 0) is 57.0 Å². The highest BCUT2D eigenvalue weighted by atomic mass is 32.2. The van der Waals surface area contributed by atoms with Gasteiger partial charge in [-0.15, -0.1) is 0 Å². The first kappa shape index (κ1) is 35.7. The van der Waals surface area contributed by atoms with Crippen molar-refractivity contribution in [2.75, 3.05) is 38.7 Å². The molecule has 2 aliphatic heterocycles. The van der Waals surface area contributed by atoms with Crippen molar-refractivity contribution in [1.29, 1.82) is 0 Å². The van der Waals surface area contributed by atoms with E-state index in [1.54, 1.807) is 18.2 Å². The highest BCUT2D eigenvalue weighted by molar-refractivity contribution is 7.89. The van der Waals surface area contributed by atoms with Crippen molar-refractivity contribution in [3.63, 3.8) is 0 Å². The molecule has 3 aromatic rings. The van der Waals surface area contributed by atoms with E-state index in [1.165, 1.54) is 15.6 Å². The van der Waals surface area contributed by atoms with Crippen LogP contribution in [0, 0.1) is 17.8 Å². The van der Waals surface area contributed by atoms with Gasteiger partial charge in [-0.25, -0.2) is 13.4 Å². The van der Waals surface area contributed by atoms with E-state index >= 15 is 0 Å². The lowest BCUT2D eigenvalue weighted by Gasteiger charge is -2.35. The number of anilines is 1. The predicted octanol–water partition coefficient (Wildman–Crippen LogP) is 4.27. The van der Waals surface area contributed by atoms with Crippen molar-refractivity contribution in [3.8, 4) is 0 Å². The molecule has 258 valence electrons. The number of aliphatic hydroxyl groups excluding tert-OH is 1. The standard InChI is InChI=1S/C34H48N4O7S2/c1-21(2)18-38(47(41,42)25-11-12-26-30(17-25)46-34(37-26)36-22(3)4)19-28(39)24(15-23-9-7-6-8-10-23)16-31(40)45-29-13-14-43-33-32(29)27(35-5)20-44-33/h6-12,17,21-22,24,27-29,32-33,35,39H,13-16,18-20H2,1-5H3,(H,36,37)/t24-,27+,28-,29+,32+,33+/m1/s1. The van der Waals surface area contributed by atoms with Crippen LogP contribution in [-0.4, -0.2) is 92.7 Å². The maximum Gasteiger partial charge on any atom is 0.306 e. The molecule has 47 heavy (non-hydrogen) atoms.